The molecule has 21 heavy (non-hydrogen) atoms. The summed E-state index contributed by atoms with van der Waals surface area (Å²) in [6.07, 6.45) is 7.71. The Kier molecular flexibility index (Phi) is 14.8. The Labute approximate surface area is 141 Å². The van der Waals surface area contributed by atoms with Crippen LogP contribution in [0, 0.1) is 0 Å². The van der Waals surface area contributed by atoms with Crippen LogP contribution in [0.4, 0.5) is 4.79 Å². The van der Waals surface area contributed by atoms with Crippen LogP contribution in [0.2, 0.25) is 0 Å². The molecule has 128 valence electrons. The Hall–Kier alpha value is -0.190. The van der Waals surface area contributed by atoms with Gasteiger partial charge in [0.25, 0.3) is 0 Å². The van der Waals surface area contributed by atoms with E-state index in [0.717, 1.165) is 32.4 Å². The average molecular weight is 344 g/mol. The summed E-state index contributed by atoms with van der Waals surface area (Å²) in [5, 5.41) is 8.88. The molecular weight excluding hydrogens is 313 g/mol. The zero-order chi connectivity index (χ0) is 14.1. The van der Waals surface area contributed by atoms with Crippen LogP contribution in [0.15, 0.2) is 0 Å². The van der Waals surface area contributed by atoms with Gasteiger partial charge in [0.15, 0.2) is 0 Å². The average Bonchev–Trinajstić information content (AvgIpc) is 2.39. The van der Waals surface area contributed by atoms with Gasteiger partial charge in [-0.05, 0) is 45.2 Å². The van der Waals surface area contributed by atoms with Crippen molar-refractivity contribution in [2.24, 2.45) is 0 Å². The van der Waals surface area contributed by atoms with Gasteiger partial charge in [-0.2, -0.15) is 0 Å². The molecule has 0 aliphatic heterocycles. The fraction of sp³-hybridized carbons (Fsp3) is 0.933. The summed E-state index contributed by atoms with van der Waals surface area (Å²) in [6, 6.07) is 0.294. The van der Waals surface area contributed by atoms with Crippen LogP contribution in [-0.2, 0) is 4.74 Å². The molecule has 0 heterocycles. The van der Waals surface area contributed by atoms with Crippen molar-refractivity contribution in [3.63, 3.8) is 0 Å². The smallest absolute Gasteiger partial charge is 0.450 e. The number of carbonyl (C=O) groups is 1. The Balaban J connectivity index is 0. The quantitative estimate of drug-likeness (QED) is 0.646. The summed E-state index contributed by atoms with van der Waals surface area (Å²) >= 11 is 0. The van der Waals surface area contributed by atoms with E-state index in [4.69, 9.17) is 9.84 Å². The van der Waals surface area contributed by atoms with Gasteiger partial charge in [0.2, 0.25) is 0 Å². The summed E-state index contributed by atoms with van der Waals surface area (Å²) in [4.78, 5) is 13.3. The van der Waals surface area contributed by atoms with Crippen LogP contribution in [0.1, 0.15) is 65.2 Å². The van der Waals surface area contributed by atoms with Crippen LogP contribution >= 0.6 is 24.8 Å². The van der Waals surface area contributed by atoms with Crippen molar-refractivity contribution >= 4 is 31.0 Å². The molecule has 4 nitrogen and oxygen atoms in total. The molecule has 0 bridgehead atoms. The minimum absolute atomic E-state index is 0. The molecule has 0 radical (unpaired) electrons. The fourth-order valence-corrected chi connectivity index (χ4v) is 2.93. The number of hydrogen-bond donors (Lipinski definition) is 1. The van der Waals surface area contributed by atoms with Gasteiger partial charge in [-0.15, -0.1) is 24.8 Å². The third kappa shape index (κ3) is 8.74. The van der Waals surface area contributed by atoms with Crippen LogP contribution in [0.3, 0.4) is 0 Å². The van der Waals surface area contributed by atoms with E-state index in [2.05, 4.69) is 18.7 Å². The number of rotatable bonds is 8. The van der Waals surface area contributed by atoms with Gasteiger partial charge in [0.1, 0.15) is 6.10 Å². The third-order valence-electron chi connectivity index (χ3n) is 3.99. The Morgan fingerprint density at radius 2 is 1.62 bits per heavy atom. The van der Waals surface area contributed by atoms with E-state index in [0.29, 0.717) is 6.04 Å². The van der Waals surface area contributed by atoms with Crippen LogP contribution < -0.4 is 0 Å². The summed E-state index contributed by atoms with van der Waals surface area (Å²) < 4.78 is 5.12. The molecule has 1 aliphatic rings. The lowest BCUT2D eigenvalue weighted by Crippen LogP contribution is -2.48. The summed E-state index contributed by atoms with van der Waals surface area (Å²) in [5.74, 6) is 0. The summed E-state index contributed by atoms with van der Waals surface area (Å²) in [6.45, 7) is 6.54. The highest BCUT2D eigenvalue weighted by Gasteiger charge is 2.32. The normalized spacial score (nSPS) is 21.3. The highest BCUT2D eigenvalue weighted by molar-refractivity contribution is 5.85. The molecule has 0 spiro atoms. The first-order valence-electron chi connectivity index (χ1n) is 7.82. The Morgan fingerprint density at radius 3 is 2.10 bits per heavy atom. The summed E-state index contributed by atoms with van der Waals surface area (Å²) in [7, 11) is 0. The number of halogens is 2. The molecule has 0 aromatic heterocycles. The van der Waals surface area contributed by atoms with E-state index in [1.807, 2.05) is 0 Å². The zero-order valence-corrected chi connectivity index (χ0v) is 14.9. The van der Waals surface area contributed by atoms with Gasteiger partial charge in [-0.25, -0.2) is 4.79 Å². The minimum atomic E-state index is -1.12. The highest BCUT2D eigenvalue weighted by atomic mass is 35.5. The number of carboxylic acid groups (broad SMARTS) is 1. The molecule has 1 N–H and O–H groups in total. The Bertz CT molecular complexity index is 259. The molecule has 6 heteroatoms. The minimum Gasteiger partial charge on any atom is -0.450 e. The first-order chi connectivity index (χ1) is 9.19. The molecule has 1 saturated carbocycles. The molecule has 0 aromatic carbocycles. The Morgan fingerprint density at radius 1 is 1.10 bits per heavy atom. The number of ether oxygens (including phenoxy) is 1. The van der Waals surface area contributed by atoms with E-state index >= 15 is 0 Å². The molecule has 1 rings (SSSR count). The molecular formula is C15H31Cl2NO3. The van der Waals surface area contributed by atoms with Crippen LogP contribution in [-0.4, -0.2) is 41.4 Å². The van der Waals surface area contributed by atoms with Crippen molar-refractivity contribution in [1.29, 1.82) is 0 Å². The standard InChI is InChI=1S/C15H29NO3.2ClH/c1-3-5-11-16(12-6-4-2)13-9-7-8-10-14(13)19-15(17)18;;/h13-14H,3-12H2,1-2H3,(H,17,18);2*1H. The van der Waals surface area contributed by atoms with Gasteiger partial charge in [0, 0.05) is 6.04 Å². The van der Waals surface area contributed by atoms with Crippen molar-refractivity contribution in [3.05, 3.63) is 0 Å². The largest absolute Gasteiger partial charge is 0.506 e. The van der Waals surface area contributed by atoms with Crippen molar-refractivity contribution in [2.75, 3.05) is 13.1 Å². The van der Waals surface area contributed by atoms with Crippen molar-refractivity contribution in [1.82, 2.24) is 4.90 Å². The molecule has 2 atom stereocenters. The van der Waals surface area contributed by atoms with Crippen molar-refractivity contribution in [3.8, 4) is 0 Å². The number of unbranched alkanes of at least 4 members (excludes halogenated alkanes) is 2. The molecule has 0 saturated heterocycles. The SMILES string of the molecule is CCCCN(CCCC)C1CCCCC1OC(=O)O.Cl.Cl. The van der Waals surface area contributed by atoms with E-state index in [9.17, 15) is 4.79 Å². The predicted octanol–water partition coefficient (Wildman–Crippen LogP) is 4.74. The van der Waals surface area contributed by atoms with E-state index in [1.165, 1.54) is 32.1 Å². The monoisotopic (exact) mass is 343 g/mol. The second-order valence-electron chi connectivity index (χ2n) is 5.52. The molecule has 2 unspecified atom stereocenters. The van der Waals surface area contributed by atoms with Crippen LogP contribution in [0.5, 0.6) is 0 Å². The van der Waals surface area contributed by atoms with Crippen LogP contribution in [0.25, 0.3) is 0 Å². The molecule has 0 amide bonds. The lowest BCUT2D eigenvalue weighted by atomic mass is 9.90. The van der Waals surface area contributed by atoms with Gasteiger partial charge in [0.05, 0.1) is 0 Å². The topological polar surface area (TPSA) is 49.8 Å². The van der Waals surface area contributed by atoms with Gasteiger partial charge < -0.3 is 9.84 Å². The van der Waals surface area contributed by atoms with E-state index < -0.39 is 6.16 Å². The molecule has 0 aromatic rings. The van der Waals surface area contributed by atoms with Gasteiger partial charge in [-0.3, -0.25) is 4.90 Å². The number of nitrogens with zero attached hydrogens (tertiary/aromatic N) is 1. The van der Waals surface area contributed by atoms with E-state index in [-0.39, 0.29) is 30.9 Å². The summed E-state index contributed by atoms with van der Waals surface area (Å²) in [5.41, 5.74) is 0. The second-order valence-corrected chi connectivity index (χ2v) is 5.52. The van der Waals surface area contributed by atoms with Gasteiger partial charge >= 0.3 is 6.16 Å². The van der Waals surface area contributed by atoms with Crippen molar-refractivity contribution in [2.45, 2.75) is 77.4 Å². The maximum absolute atomic E-state index is 10.8. The van der Waals surface area contributed by atoms with Gasteiger partial charge in [-0.1, -0.05) is 33.1 Å². The first-order valence-corrected chi connectivity index (χ1v) is 7.82. The predicted molar refractivity (Wildman–Crippen MR) is 91.0 cm³/mol. The highest BCUT2D eigenvalue weighted by Crippen LogP contribution is 2.26. The maximum atomic E-state index is 10.8. The van der Waals surface area contributed by atoms with E-state index in [1.54, 1.807) is 0 Å². The molecule has 1 aliphatic carbocycles. The van der Waals surface area contributed by atoms with Crippen molar-refractivity contribution < 1.29 is 14.6 Å². The molecule has 1 fully saturated rings. The lowest BCUT2D eigenvalue weighted by molar-refractivity contribution is -0.0186. The maximum Gasteiger partial charge on any atom is 0.506 e. The first kappa shape index (κ1) is 23.1. The second kappa shape index (κ2) is 13.5. The third-order valence-corrected chi connectivity index (χ3v) is 3.99. The fourth-order valence-electron chi connectivity index (χ4n) is 2.93. The lowest BCUT2D eigenvalue weighted by Gasteiger charge is -2.39. The number of hydrogen-bond acceptors (Lipinski definition) is 3. The zero-order valence-electron chi connectivity index (χ0n) is 13.3.